The number of nitrogens with one attached hydrogen (secondary N) is 1. The van der Waals surface area contributed by atoms with Crippen LogP contribution in [-0.2, 0) is 0 Å². The van der Waals surface area contributed by atoms with Crippen LogP contribution in [0.1, 0.15) is 0 Å². The van der Waals surface area contributed by atoms with Gasteiger partial charge in [-0.2, -0.15) is 0 Å². The molecular weight excluding hydrogens is 126 g/mol. The summed E-state index contributed by atoms with van der Waals surface area (Å²) >= 11 is 0. The zero-order chi connectivity index (χ0) is 6.81. The van der Waals surface area contributed by atoms with E-state index in [1.54, 1.807) is 12.5 Å². The first-order valence-corrected chi connectivity index (χ1v) is 3.05. The first-order valence-electron chi connectivity index (χ1n) is 3.05. The average Bonchev–Trinajstić information content (AvgIpc) is 2.05. The molecule has 0 spiro atoms. The number of hydrogen-bond donors (Lipinski definition) is 1. The van der Waals surface area contributed by atoms with E-state index in [0.717, 1.165) is 11.4 Å². The van der Waals surface area contributed by atoms with Crippen LogP contribution in [0.4, 0.5) is 5.69 Å². The van der Waals surface area contributed by atoms with Crippen molar-refractivity contribution < 1.29 is 4.74 Å². The Bertz CT molecular complexity index is 241. The van der Waals surface area contributed by atoms with Gasteiger partial charge >= 0.3 is 0 Å². The summed E-state index contributed by atoms with van der Waals surface area (Å²) in [6, 6.07) is 8.48. The molecule has 0 amide bonds. The molecule has 0 aliphatic carbocycles. The van der Waals surface area contributed by atoms with E-state index in [1.807, 2.05) is 18.2 Å². The van der Waals surface area contributed by atoms with Crippen molar-refractivity contribution in [2.75, 3.05) is 5.32 Å². The van der Waals surface area contributed by atoms with Crippen molar-refractivity contribution >= 4 is 5.69 Å². The third-order valence-electron chi connectivity index (χ3n) is 1.33. The molecule has 0 saturated carbocycles. The molecule has 49 valence electrons. The minimum atomic E-state index is 0.848. The molecule has 0 aromatic heterocycles. The lowest BCUT2D eigenvalue weighted by atomic mass is 10.3. The van der Waals surface area contributed by atoms with Crippen LogP contribution in [0, 0.1) is 6.07 Å². The first-order chi connectivity index (χ1) is 4.97. The standard InChI is InChI=1S/C8H6NO/c1-2-4-8-7(3-1)9-5-6-10-8/h2-6,9H. The third kappa shape index (κ3) is 0.739. The molecule has 1 radical (unpaired) electrons. The predicted octanol–water partition coefficient (Wildman–Crippen LogP) is 1.76. The highest BCUT2D eigenvalue weighted by atomic mass is 16.5. The molecule has 0 atom stereocenters. The van der Waals surface area contributed by atoms with E-state index in [-0.39, 0.29) is 0 Å². The van der Waals surface area contributed by atoms with Crippen molar-refractivity contribution in [2.45, 2.75) is 0 Å². The van der Waals surface area contributed by atoms with Gasteiger partial charge < -0.3 is 10.1 Å². The normalized spacial score (nSPS) is 13.2. The molecule has 0 fully saturated rings. The zero-order valence-electron chi connectivity index (χ0n) is 5.29. The Kier molecular flexibility index (Phi) is 1.10. The fourth-order valence-electron chi connectivity index (χ4n) is 0.863. The van der Waals surface area contributed by atoms with E-state index in [0.29, 0.717) is 0 Å². The quantitative estimate of drug-likeness (QED) is 0.580. The Balaban J connectivity index is 2.47. The average molecular weight is 132 g/mol. The largest absolute Gasteiger partial charge is 0.461 e. The summed E-state index contributed by atoms with van der Waals surface area (Å²) < 4.78 is 5.16. The van der Waals surface area contributed by atoms with E-state index in [9.17, 15) is 0 Å². The summed E-state index contributed by atoms with van der Waals surface area (Å²) in [5.41, 5.74) is 0.963. The Hall–Kier alpha value is -1.44. The van der Waals surface area contributed by atoms with Crippen LogP contribution in [0.2, 0.25) is 0 Å². The number of ether oxygens (including phenoxy) is 1. The molecule has 1 aliphatic heterocycles. The van der Waals surface area contributed by atoms with Gasteiger partial charge in [-0.3, -0.25) is 0 Å². The third-order valence-corrected chi connectivity index (χ3v) is 1.33. The van der Waals surface area contributed by atoms with Crippen LogP contribution < -0.4 is 10.1 Å². The summed E-state index contributed by atoms with van der Waals surface area (Å²) in [7, 11) is 0. The number of rotatable bonds is 0. The van der Waals surface area contributed by atoms with Gasteiger partial charge in [0.15, 0.2) is 0 Å². The molecule has 0 bridgehead atoms. The highest BCUT2D eigenvalue weighted by Crippen LogP contribution is 2.25. The zero-order valence-corrected chi connectivity index (χ0v) is 5.29. The lowest BCUT2D eigenvalue weighted by Gasteiger charge is -2.11. The summed E-state index contributed by atoms with van der Waals surface area (Å²) in [6.07, 6.45) is 3.36. The van der Waals surface area contributed by atoms with Gasteiger partial charge in [0.25, 0.3) is 0 Å². The molecule has 1 heterocycles. The van der Waals surface area contributed by atoms with Gasteiger partial charge in [-0.1, -0.05) is 6.07 Å². The van der Waals surface area contributed by atoms with E-state index < -0.39 is 0 Å². The molecule has 2 rings (SSSR count). The summed E-state index contributed by atoms with van der Waals surface area (Å²) in [4.78, 5) is 0. The molecule has 2 heteroatoms. The fourth-order valence-corrected chi connectivity index (χ4v) is 0.863. The topological polar surface area (TPSA) is 21.3 Å². The molecule has 10 heavy (non-hydrogen) atoms. The van der Waals surface area contributed by atoms with Crippen molar-refractivity contribution in [1.29, 1.82) is 0 Å². The maximum Gasteiger partial charge on any atom is 0.150 e. The molecular formula is C8H6NO. The lowest BCUT2D eigenvalue weighted by Crippen LogP contribution is -1.98. The molecule has 1 aliphatic rings. The van der Waals surface area contributed by atoms with Crippen LogP contribution in [0.5, 0.6) is 5.75 Å². The van der Waals surface area contributed by atoms with E-state index in [1.165, 1.54) is 0 Å². The molecule has 2 nitrogen and oxygen atoms in total. The highest BCUT2D eigenvalue weighted by Gasteiger charge is 2.01. The summed E-state index contributed by atoms with van der Waals surface area (Å²) in [5, 5.41) is 3.03. The molecule has 1 aromatic rings. The maximum absolute atomic E-state index is 5.16. The van der Waals surface area contributed by atoms with E-state index in [4.69, 9.17) is 4.74 Å². The monoisotopic (exact) mass is 132 g/mol. The van der Waals surface area contributed by atoms with E-state index >= 15 is 0 Å². The van der Waals surface area contributed by atoms with Crippen LogP contribution in [0.25, 0.3) is 0 Å². The minimum Gasteiger partial charge on any atom is -0.461 e. The smallest absolute Gasteiger partial charge is 0.150 e. The second-order valence-corrected chi connectivity index (χ2v) is 1.99. The van der Waals surface area contributed by atoms with Crippen molar-refractivity contribution in [1.82, 2.24) is 0 Å². The SMILES string of the molecule is [c]1ccc2c(c1)NC=CO2. The maximum atomic E-state index is 5.16. The van der Waals surface area contributed by atoms with Crippen molar-refractivity contribution in [3.05, 3.63) is 36.7 Å². The summed E-state index contributed by atoms with van der Waals surface area (Å²) in [5.74, 6) is 0.848. The number of fused-ring (bicyclic) bond motifs is 1. The van der Waals surface area contributed by atoms with Crippen LogP contribution in [0.3, 0.4) is 0 Å². The molecule has 0 saturated heterocycles. The van der Waals surface area contributed by atoms with Gasteiger partial charge in [0.1, 0.15) is 12.0 Å². The second kappa shape index (κ2) is 2.06. The number of anilines is 1. The summed E-state index contributed by atoms with van der Waals surface area (Å²) in [6.45, 7) is 0. The van der Waals surface area contributed by atoms with Crippen LogP contribution >= 0.6 is 0 Å². The van der Waals surface area contributed by atoms with Gasteiger partial charge in [0, 0.05) is 6.20 Å². The Labute approximate surface area is 59.1 Å². The van der Waals surface area contributed by atoms with Crippen molar-refractivity contribution in [2.24, 2.45) is 0 Å². The van der Waals surface area contributed by atoms with Gasteiger partial charge in [-0.25, -0.2) is 0 Å². The van der Waals surface area contributed by atoms with Gasteiger partial charge in [0.05, 0.1) is 5.69 Å². The lowest BCUT2D eigenvalue weighted by molar-refractivity contribution is 0.477. The Morgan fingerprint density at radius 2 is 2.50 bits per heavy atom. The predicted molar refractivity (Wildman–Crippen MR) is 38.7 cm³/mol. The highest BCUT2D eigenvalue weighted by molar-refractivity contribution is 5.59. The van der Waals surface area contributed by atoms with Crippen LogP contribution in [-0.4, -0.2) is 0 Å². The second-order valence-electron chi connectivity index (χ2n) is 1.99. The number of benzene rings is 1. The van der Waals surface area contributed by atoms with Crippen LogP contribution in [0.15, 0.2) is 30.7 Å². The first kappa shape index (κ1) is 5.35. The molecule has 1 N–H and O–H groups in total. The Morgan fingerprint density at radius 3 is 3.40 bits per heavy atom. The van der Waals surface area contributed by atoms with E-state index in [2.05, 4.69) is 11.4 Å². The Morgan fingerprint density at radius 1 is 1.50 bits per heavy atom. The molecule has 0 unspecified atom stereocenters. The van der Waals surface area contributed by atoms with Crippen molar-refractivity contribution in [3.8, 4) is 5.75 Å². The van der Waals surface area contributed by atoms with Gasteiger partial charge in [0.2, 0.25) is 0 Å². The van der Waals surface area contributed by atoms with Gasteiger partial charge in [-0.15, -0.1) is 0 Å². The molecule has 1 aromatic carbocycles. The minimum absolute atomic E-state index is 0.848. The number of hydrogen-bond acceptors (Lipinski definition) is 2. The fraction of sp³-hybridized carbons (Fsp3) is 0. The van der Waals surface area contributed by atoms with Crippen molar-refractivity contribution in [3.63, 3.8) is 0 Å². The van der Waals surface area contributed by atoms with Gasteiger partial charge in [-0.05, 0) is 18.2 Å².